The highest BCUT2D eigenvalue weighted by Gasteiger charge is 2.52. The average molecular weight is 917 g/mol. The van der Waals surface area contributed by atoms with Crippen LogP contribution in [0.3, 0.4) is 0 Å². The zero-order chi connectivity index (χ0) is 46.5. The first-order valence-corrected chi connectivity index (χ1v) is 23.2. The monoisotopic (exact) mass is 916 g/mol. The van der Waals surface area contributed by atoms with Crippen LogP contribution >= 0.6 is 0 Å². The number of amides is 5. The molecular weight excluding hydrogens is 858 g/mol. The zero-order valence-corrected chi connectivity index (χ0v) is 37.9. The fourth-order valence-corrected chi connectivity index (χ4v) is 10.6. The molecule has 5 amide bonds. The van der Waals surface area contributed by atoms with E-state index in [9.17, 15) is 32.3 Å². The Kier molecular flexibility index (Phi) is 12.6. The number of carbonyl (C=O) groups is 4. The quantitative estimate of drug-likeness (QED) is 0.154. The lowest BCUT2D eigenvalue weighted by Crippen LogP contribution is -2.55. The minimum Gasteiger partial charge on any atom is -0.453 e. The van der Waals surface area contributed by atoms with Gasteiger partial charge in [0.05, 0.1) is 24.2 Å². The third-order valence-corrected chi connectivity index (χ3v) is 14.5. The normalized spacial score (nSPS) is 23.5. The van der Waals surface area contributed by atoms with Crippen molar-refractivity contribution in [2.45, 2.75) is 83.8 Å². The number of rotatable bonds is 9. The molecule has 4 saturated heterocycles. The standard InChI is InChI=1S/C48H59F3N8O7/c1-28-23-38(59(27-28)44(61)40(55-46(63)64-4)29-13-21-65-22-14-29)42-53-37-10-6-31-24-30(5-8-35(31)41(37)54-42)34-9-7-32(25-39(34)66-48(49,50)51)52-45(62)58-19-17-56(18-20-58)33-11-15-57(16-12-33)43(60)36-26-47(36,2)3/h5-10,24-25,28-29,33,36,38,40H,11-23,26-27H2,1-4H3,(H,52,62)(H,53,54)(H,55,63)/t28-,36?,38-,40-/m0/s1. The number of likely N-dealkylation sites (tertiary alicyclic amines) is 2. The van der Waals surface area contributed by atoms with E-state index in [2.05, 4.69) is 46.0 Å². The summed E-state index contributed by atoms with van der Waals surface area (Å²) in [6.07, 6.45) is -1.02. The average Bonchev–Trinajstić information content (AvgIpc) is 3.56. The van der Waals surface area contributed by atoms with E-state index in [-0.39, 0.29) is 52.3 Å². The summed E-state index contributed by atoms with van der Waals surface area (Å²) in [5, 5.41) is 7.06. The second-order valence-electron chi connectivity index (χ2n) is 19.4. The summed E-state index contributed by atoms with van der Waals surface area (Å²) < 4.78 is 56.7. The molecule has 5 fully saturated rings. The minimum absolute atomic E-state index is 0.106. The molecule has 3 N–H and O–H groups in total. The lowest BCUT2D eigenvalue weighted by molar-refractivity contribution is -0.274. The Balaban J connectivity index is 0.880. The molecular formula is C48H59F3N8O7. The number of ether oxygens (including phenoxy) is 3. The van der Waals surface area contributed by atoms with Gasteiger partial charge in [-0.05, 0) is 91.0 Å². The third-order valence-electron chi connectivity index (χ3n) is 14.5. The van der Waals surface area contributed by atoms with Crippen molar-refractivity contribution in [1.82, 2.24) is 34.9 Å². The van der Waals surface area contributed by atoms with Crippen LogP contribution in [0.2, 0.25) is 0 Å². The third kappa shape index (κ3) is 9.62. The number of hydrogen-bond donors (Lipinski definition) is 3. The highest BCUT2D eigenvalue weighted by Crippen LogP contribution is 2.52. The summed E-state index contributed by atoms with van der Waals surface area (Å²) >= 11 is 0. The van der Waals surface area contributed by atoms with Gasteiger partial charge < -0.3 is 44.5 Å². The van der Waals surface area contributed by atoms with Crippen LogP contribution in [0.25, 0.3) is 32.9 Å². The van der Waals surface area contributed by atoms with Gasteiger partial charge in [0.15, 0.2) is 0 Å². The molecule has 4 aliphatic heterocycles. The van der Waals surface area contributed by atoms with Crippen LogP contribution in [0.1, 0.15) is 71.2 Å². The highest BCUT2D eigenvalue weighted by molar-refractivity contribution is 6.05. The Morgan fingerprint density at radius 2 is 1.65 bits per heavy atom. The van der Waals surface area contributed by atoms with Crippen molar-refractivity contribution in [3.8, 4) is 16.9 Å². The molecule has 66 heavy (non-hydrogen) atoms. The van der Waals surface area contributed by atoms with Gasteiger partial charge in [0.25, 0.3) is 0 Å². The Morgan fingerprint density at radius 1 is 0.924 bits per heavy atom. The largest absolute Gasteiger partial charge is 0.573 e. The number of piperidine rings is 1. The van der Waals surface area contributed by atoms with Crippen molar-refractivity contribution in [2.75, 3.05) is 71.5 Å². The van der Waals surface area contributed by atoms with E-state index >= 15 is 0 Å². The summed E-state index contributed by atoms with van der Waals surface area (Å²) in [5.41, 5.74) is 2.31. The van der Waals surface area contributed by atoms with Crippen LogP contribution < -0.4 is 15.4 Å². The second-order valence-corrected chi connectivity index (χ2v) is 19.4. The van der Waals surface area contributed by atoms with E-state index in [0.717, 1.165) is 48.6 Å². The molecule has 5 aliphatic rings. The first-order chi connectivity index (χ1) is 31.5. The molecule has 4 aromatic rings. The molecule has 1 aromatic heterocycles. The predicted molar refractivity (Wildman–Crippen MR) is 240 cm³/mol. The van der Waals surface area contributed by atoms with E-state index in [1.165, 1.54) is 19.2 Å². The van der Waals surface area contributed by atoms with E-state index in [0.29, 0.717) is 88.1 Å². The van der Waals surface area contributed by atoms with E-state index < -0.39 is 30.3 Å². The summed E-state index contributed by atoms with van der Waals surface area (Å²) in [6.45, 7) is 11.6. The van der Waals surface area contributed by atoms with Gasteiger partial charge in [-0.1, -0.05) is 39.0 Å². The van der Waals surface area contributed by atoms with Crippen molar-refractivity contribution in [2.24, 2.45) is 23.2 Å². The van der Waals surface area contributed by atoms with Gasteiger partial charge in [-0.2, -0.15) is 0 Å². The summed E-state index contributed by atoms with van der Waals surface area (Å²) in [4.78, 5) is 69.3. The SMILES string of the molecule is COC(=O)N[C@H](C(=O)N1C[C@@H](C)C[C@H]1c1nc2c(ccc3cc(-c4ccc(NC(=O)N5CCN(C6CCN(C(=O)C7CC7(C)C)CC6)CC5)cc4OC(F)(F)F)ccc32)[nH]1)C1CCOCC1. The summed E-state index contributed by atoms with van der Waals surface area (Å²) in [7, 11) is 1.27. The fraction of sp³-hybridized carbons (Fsp3) is 0.562. The number of urea groups is 1. The molecule has 0 spiro atoms. The molecule has 5 heterocycles. The molecule has 3 aromatic carbocycles. The number of hydrogen-bond acceptors (Lipinski definition) is 9. The number of halogens is 3. The second kappa shape index (κ2) is 18.2. The highest BCUT2D eigenvalue weighted by atomic mass is 19.4. The maximum Gasteiger partial charge on any atom is 0.573 e. The van der Waals surface area contributed by atoms with E-state index in [1.807, 2.05) is 23.1 Å². The van der Waals surface area contributed by atoms with Gasteiger partial charge >= 0.3 is 18.5 Å². The molecule has 1 saturated carbocycles. The Hall–Kier alpha value is -5.62. The van der Waals surface area contributed by atoms with Crippen LogP contribution in [-0.2, 0) is 19.1 Å². The van der Waals surface area contributed by atoms with Crippen molar-refractivity contribution < 1.29 is 46.6 Å². The molecule has 18 heteroatoms. The van der Waals surface area contributed by atoms with Crippen LogP contribution in [0.5, 0.6) is 5.75 Å². The van der Waals surface area contributed by atoms with Gasteiger partial charge in [-0.3, -0.25) is 14.5 Å². The number of H-pyrrole nitrogens is 1. The molecule has 354 valence electrons. The number of alkyl halides is 3. The number of piperazine rings is 1. The fourth-order valence-electron chi connectivity index (χ4n) is 10.6. The minimum atomic E-state index is -4.99. The van der Waals surface area contributed by atoms with Gasteiger partial charge in [-0.25, -0.2) is 14.6 Å². The van der Waals surface area contributed by atoms with E-state index in [4.69, 9.17) is 14.5 Å². The predicted octanol–water partition coefficient (Wildman–Crippen LogP) is 7.53. The maximum atomic E-state index is 14.3. The Morgan fingerprint density at radius 3 is 2.33 bits per heavy atom. The smallest absolute Gasteiger partial charge is 0.453 e. The Labute approximate surface area is 381 Å². The lowest BCUT2D eigenvalue weighted by atomic mass is 9.90. The number of nitrogens with zero attached hydrogens (tertiary/aromatic N) is 5. The van der Waals surface area contributed by atoms with Crippen LogP contribution in [0.15, 0.2) is 48.5 Å². The summed E-state index contributed by atoms with van der Waals surface area (Å²) in [6, 6.07) is 12.1. The Bertz CT molecular complexity index is 2470. The topological polar surface area (TPSA) is 162 Å². The number of alkyl carbamates (subject to hydrolysis) is 1. The van der Waals surface area contributed by atoms with Gasteiger partial charge in [0.2, 0.25) is 11.8 Å². The van der Waals surface area contributed by atoms with Crippen molar-refractivity contribution in [1.29, 1.82) is 0 Å². The molecule has 1 aliphatic carbocycles. The van der Waals surface area contributed by atoms with Crippen LogP contribution in [0, 0.1) is 23.2 Å². The number of carbonyl (C=O) groups excluding carboxylic acids is 4. The molecule has 0 radical (unpaired) electrons. The van der Waals surface area contributed by atoms with Crippen molar-refractivity contribution >= 4 is 51.4 Å². The first kappa shape index (κ1) is 45.5. The zero-order valence-electron chi connectivity index (χ0n) is 37.9. The van der Waals surface area contributed by atoms with Crippen molar-refractivity contribution in [3.05, 3.63) is 54.4 Å². The number of aromatic nitrogens is 2. The molecule has 15 nitrogen and oxygen atoms in total. The lowest BCUT2D eigenvalue weighted by Gasteiger charge is -2.42. The molecule has 9 rings (SSSR count). The molecule has 1 unspecified atom stereocenters. The number of methoxy groups -OCH3 is 1. The molecule has 0 bridgehead atoms. The maximum absolute atomic E-state index is 14.3. The van der Waals surface area contributed by atoms with Crippen molar-refractivity contribution in [3.63, 3.8) is 0 Å². The number of benzene rings is 3. The summed E-state index contributed by atoms with van der Waals surface area (Å²) in [5.74, 6) is 0.407. The van der Waals surface area contributed by atoms with Crippen LogP contribution in [-0.4, -0.2) is 138 Å². The number of aromatic amines is 1. The van der Waals surface area contributed by atoms with Gasteiger partial charge in [0.1, 0.15) is 17.6 Å². The van der Waals surface area contributed by atoms with Gasteiger partial charge in [0, 0.05) is 93.7 Å². The number of imidazole rings is 1. The van der Waals surface area contributed by atoms with E-state index in [1.54, 1.807) is 28.0 Å². The molecule has 4 atom stereocenters. The van der Waals surface area contributed by atoms with Crippen LogP contribution in [0.4, 0.5) is 28.4 Å². The number of fused-ring (bicyclic) bond motifs is 3. The number of anilines is 1. The first-order valence-electron chi connectivity index (χ1n) is 23.2. The van der Waals surface area contributed by atoms with Gasteiger partial charge in [-0.15, -0.1) is 13.2 Å². The number of nitrogens with one attached hydrogen (secondary N) is 3.